The van der Waals surface area contributed by atoms with Gasteiger partial charge in [-0.3, -0.25) is 4.79 Å². The average Bonchev–Trinajstić information content (AvgIpc) is 2.77. The molecular weight excluding hydrogens is 424 g/mol. The van der Waals surface area contributed by atoms with Crippen LogP contribution in [0.15, 0.2) is 41.1 Å². The van der Waals surface area contributed by atoms with Crippen LogP contribution >= 0.6 is 0 Å². The number of carbonyl (C=O) groups is 2. The summed E-state index contributed by atoms with van der Waals surface area (Å²) in [7, 11) is 0. The number of phenolic OH excluding ortho intramolecular Hbond substituents is 2. The van der Waals surface area contributed by atoms with E-state index in [1.165, 1.54) is 6.07 Å². The third kappa shape index (κ3) is 7.37. The van der Waals surface area contributed by atoms with E-state index >= 15 is 0 Å². The topological polar surface area (TPSA) is 109 Å². The number of rotatable bonds is 3. The molecule has 1 saturated heterocycles. The second-order valence-electron chi connectivity index (χ2n) is 8.40. The van der Waals surface area contributed by atoms with Crippen molar-refractivity contribution in [2.45, 2.75) is 51.9 Å². The van der Waals surface area contributed by atoms with Gasteiger partial charge in [-0.25, -0.2) is 4.79 Å². The Kier molecular flexibility index (Phi) is 8.92. The first kappa shape index (κ1) is 24.4. The minimum absolute atomic E-state index is 0.0167. The van der Waals surface area contributed by atoms with Gasteiger partial charge in [-0.2, -0.15) is 0 Å². The summed E-state index contributed by atoms with van der Waals surface area (Å²) < 4.78 is 5.30. The van der Waals surface area contributed by atoms with Gasteiger partial charge in [-0.1, -0.05) is 22.9 Å². The Morgan fingerprint density at radius 2 is 1.91 bits per heavy atom. The fraction of sp³-hybridized carbons (Fsp3) is 0.480. The molecule has 1 aromatic rings. The smallest absolute Gasteiger partial charge is 0.342 e. The number of benzene rings is 1. The van der Waals surface area contributed by atoms with E-state index in [0.717, 1.165) is 56.8 Å². The first-order valence-electron chi connectivity index (χ1n) is 11.4. The Labute approximate surface area is 194 Å². The number of oxime groups is 1. The van der Waals surface area contributed by atoms with Crippen molar-refractivity contribution >= 4 is 17.6 Å². The maximum absolute atomic E-state index is 12.6. The van der Waals surface area contributed by atoms with Crippen molar-refractivity contribution in [2.75, 3.05) is 26.3 Å². The number of esters is 1. The van der Waals surface area contributed by atoms with Crippen molar-refractivity contribution in [1.29, 1.82) is 0 Å². The van der Waals surface area contributed by atoms with Gasteiger partial charge in [-0.15, -0.1) is 0 Å². The van der Waals surface area contributed by atoms with Gasteiger partial charge in [0.05, 0.1) is 12.3 Å². The number of allylic oxidation sites excluding steroid dienone is 3. The van der Waals surface area contributed by atoms with Crippen LogP contribution in [0.5, 0.6) is 11.5 Å². The number of amides is 1. The molecule has 0 aliphatic carbocycles. The van der Waals surface area contributed by atoms with Crippen molar-refractivity contribution in [3.63, 3.8) is 0 Å². The number of fused-ring (bicyclic) bond motifs is 1. The highest BCUT2D eigenvalue weighted by Gasteiger charge is 2.21. The number of hydrogen-bond donors (Lipinski definition) is 2. The fourth-order valence-corrected chi connectivity index (χ4v) is 3.95. The Morgan fingerprint density at radius 1 is 1.15 bits per heavy atom. The van der Waals surface area contributed by atoms with E-state index in [-0.39, 0.29) is 42.6 Å². The molecule has 0 unspecified atom stereocenters. The number of carbonyl (C=O) groups excluding carboxylic acids is 2. The summed E-state index contributed by atoms with van der Waals surface area (Å²) in [6.45, 7) is 3.47. The number of likely N-dealkylation sites (tertiary alicyclic amines) is 1. The zero-order chi connectivity index (χ0) is 23.6. The van der Waals surface area contributed by atoms with Crippen LogP contribution in [-0.4, -0.2) is 59.0 Å². The first-order chi connectivity index (χ1) is 15.9. The van der Waals surface area contributed by atoms with E-state index in [2.05, 4.69) is 5.16 Å². The van der Waals surface area contributed by atoms with Gasteiger partial charge in [0.1, 0.15) is 17.1 Å². The molecule has 0 atom stereocenters. The van der Waals surface area contributed by atoms with Crippen LogP contribution in [0.1, 0.15) is 61.4 Å². The first-order valence-corrected chi connectivity index (χ1v) is 11.4. The van der Waals surface area contributed by atoms with E-state index in [9.17, 15) is 19.8 Å². The highest BCUT2D eigenvalue weighted by molar-refractivity contribution is 6.00. The fourth-order valence-electron chi connectivity index (χ4n) is 3.95. The summed E-state index contributed by atoms with van der Waals surface area (Å²) >= 11 is 0. The highest BCUT2D eigenvalue weighted by Crippen LogP contribution is 2.29. The van der Waals surface area contributed by atoms with Gasteiger partial charge < -0.3 is 24.7 Å². The Balaban J connectivity index is 1.85. The molecule has 2 N–H and O–H groups in total. The number of ether oxygens (including phenoxy) is 1. The van der Waals surface area contributed by atoms with Crippen molar-refractivity contribution in [2.24, 2.45) is 5.16 Å². The van der Waals surface area contributed by atoms with Gasteiger partial charge >= 0.3 is 5.97 Å². The molecular formula is C25H32N2O6. The summed E-state index contributed by atoms with van der Waals surface area (Å²) in [4.78, 5) is 32.2. The highest BCUT2D eigenvalue weighted by atomic mass is 16.6. The zero-order valence-corrected chi connectivity index (χ0v) is 19.1. The lowest BCUT2D eigenvalue weighted by Crippen LogP contribution is -2.37. The maximum Gasteiger partial charge on any atom is 0.342 e. The number of phenols is 2. The molecule has 8 heteroatoms. The molecule has 178 valence electrons. The predicted molar refractivity (Wildman–Crippen MR) is 124 cm³/mol. The summed E-state index contributed by atoms with van der Waals surface area (Å²) in [6.07, 6.45) is 11.3. The second-order valence-corrected chi connectivity index (χ2v) is 8.40. The van der Waals surface area contributed by atoms with Gasteiger partial charge in [0.2, 0.25) is 0 Å². The van der Waals surface area contributed by atoms with Crippen LogP contribution in [0.3, 0.4) is 0 Å². The third-order valence-corrected chi connectivity index (χ3v) is 5.64. The van der Waals surface area contributed by atoms with Crippen LogP contribution in [0.25, 0.3) is 0 Å². The van der Waals surface area contributed by atoms with E-state index in [1.54, 1.807) is 4.90 Å². The lowest BCUT2D eigenvalue weighted by atomic mass is 9.98. The van der Waals surface area contributed by atoms with E-state index in [1.807, 2.05) is 25.2 Å². The van der Waals surface area contributed by atoms with E-state index < -0.39 is 5.97 Å². The number of aromatic hydroxyl groups is 2. The minimum atomic E-state index is -0.672. The zero-order valence-electron chi connectivity index (χ0n) is 19.1. The molecule has 1 fully saturated rings. The summed E-state index contributed by atoms with van der Waals surface area (Å²) in [5.74, 6) is -1.32. The molecule has 1 amide bonds. The summed E-state index contributed by atoms with van der Waals surface area (Å²) in [5.41, 5.74) is 1.87. The second kappa shape index (κ2) is 12.1. The molecule has 2 heterocycles. The monoisotopic (exact) mass is 456 g/mol. The van der Waals surface area contributed by atoms with Crippen LogP contribution < -0.4 is 0 Å². The standard InChI is InChI=1S/C25H32N2O6/c1-18-9-5-2-3-8-12-32-25(31)24-19(15-21(28)16-22(24)29)14-20(13-18)26-33-17-23(30)27-10-6-4-7-11-27/h2-3,13,15-16,28-29H,4-12,14,17H2,1H3/b3-2+,18-13+,26-20-. The van der Waals surface area contributed by atoms with Gasteiger partial charge in [0.25, 0.3) is 5.91 Å². The number of cyclic esters (lactones) is 1. The lowest BCUT2D eigenvalue weighted by Gasteiger charge is -2.26. The van der Waals surface area contributed by atoms with Crippen molar-refractivity contribution < 1.29 is 29.4 Å². The Hall–Kier alpha value is -3.29. The van der Waals surface area contributed by atoms with Crippen molar-refractivity contribution in [3.8, 4) is 11.5 Å². The molecule has 3 rings (SSSR count). The Morgan fingerprint density at radius 3 is 2.70 bits per heavy atom. The van der Waals surface area contributed by atoms with Crippen LogP contribution in [0.4, 0.5) is 0 Å². The van der Waals surface area contributed by atoms with Crippen LogP contribution in [-0.2, 0) is 20.8 Å². The Bertz CT molecular complexity index is 944. The van der Waals surface area contributed by atoms with Crippen LogP contribution in [0, 0.1) is 0 Å². The largest absolute Gasteiger partial charge is 0.508 e. The molecule has 0 radical (unpaired) electrons. The molecule has 0 aromatic heterocycles. The molecule has 33 heavy (non-hydrogen) atoms. The van der Waals surface area contributed by atoms with Gasteiger partial charge in [-0.05, 0) is 63.2 Å². The van der Waals surface area contributed by atoms with Gasteiger partial charge in [0.15, 0.2) is 6.61 Å². The summed E-state index contributed by atoms with van der Waals surface area (Å²) in [5, 5.41) is 24.5. The van der Waals surface area contributed by atoms with E-state index in [0.29, 0.717) is 17.7 Å². The molecule has 2 aliphatic rings. The number of nitrogens with zero attached hydrogens (tertiary/aromatic N) is 2. The van der Waals surface area contributed by atoms with Crippen LogP contribution in [0.2, 0.25) is 0 Å². The quantitative estimate of drug-likeness (QED) is 0.406. The van der Waals surface area contributed by atoms with E-state index in [4.69, 9.17) is 9.57 Å². The molecule has 0 spiro atoms. The third-order valence-electron chi connectivity index (χ3n) is 5.64. The SMILES string of the molecule is C/C1=C\C(=N\OCC(=O)N2CCCCC2)Cc2cc(O)cc(O)c2C(=O)OCC/C=C/CC1. The molecule has 8 nitrogen and oxygen atoms in total. The molecule has 1 aromatic carbocycles. The molecule has 0 bridgehead atoms. The minimum Gasteiger partial charge on any atom is -0.508 e. The molecule has 2 aliphatic heterocycles. The normalized spacial score (nSPS) is 21.8. The predicted octanol–water partition coefficient (Wildman–Crippen LogP) is 3.87. The average molecular weight is 457 g/mol. The van der Waals surface area contributed by atoms with Crippen molar-refractivity contribution in [1.82, 2.24) is 4.90 Å². The van der Waals surface area contributed by atoms with Crippen molar-refractivity contribution in [3.05, 3.63) is 47.1 Å². The lowest BCUT2D eigenvalue weighted by molar-refractivity contribution is -0.137. The number of hydrogen-bond acceptors (Lipinski definition) is 7. The van der Waals surface area contributed by atoms with Gasteiger partial charge in [0, 0.05) is 25.6 Å². The maximum atomic E-state index is 12.6. The number of piperidine rings is 1. The summed E-state index contributed by atoms with van der Waals surface area (Å²) in [6, 6.07) is 2.51. The molecule has 0 saturated carbocycles.